The van der Waals surface area contributed by atoms with Gasteiger partial charge in [0.05, 0.1) is 25.1 Å². The van der Waals surface area contributed by atoms with Crippen LogP contribution in [0.4, 0.5) is 5.69 Å². The highest BCUT2D eigenvalue weighted by Crippen LogP contribution is 2.34. The fourth-order valence-electron chi connectivity index (χ4n) is 3.19. The van der Waals surface area contributed by atoms with Gasteiger partial charge in [-0.25, -0.2) is 8.42 Å². The molecule has 8 heteroatoms. The lowest BCUT2D eigenvalue weighted by atomic mass is 10.1. The van der Waals surface area contributed by atoms with E-state index < -0.39 is 16.1 Å². The quantitative estimate of drug-likeness (QED) is 0.666. The number of carbonyl (C=O) groups is 1. The molecule has 1 heterocycles. The Kier molecular flexibility index (Phi) is 6.64. The molecule has 29 heavy (non-hydrogen) atoms. The van der Waals surface area contributed by atoms with Crippen LogP contribution in [0, 0.1) is 0 Å². The third-order valence-electron chi connectivity index (χ3n) is 4.60. The third-order valence-corrected chi connectivity index (χ3v) is 5.75. The van der Waals surface area contributed by atoms with Gasteiger partial charge in [0.15, 0.2) is 6.10 Å². The highest BCUT2D eigenvalue weighted by Gasteiger charge is 2.34. The maximum atomic E-state index is 12.5. The zero-order valence-electron chi connectivity index (χ0n) is 16.6. The molecular weight excluding hydrogens is 392 g/mol. The minimum absolute atomic E-state index is 0.0411. The number of nitrogens with one attached hydrogen (secondary N) is 1. The van der Waals surface area contributed by atoms with Crippen molar-refractivity contribution >= 4 is 21.6 Å². The van der Waals surface area contributed by atoms with Crippen molar-refractivity contribution < 1.29 is 22.7 Å². The van der Waals surface area contributed by atoms with Crippen molar-refractivity contribution in [2.75, 3.05) is 30.3 Å². The average molecular weight is 419 g/mol. The number of aryl methyl sites for hydroxylation is 1. The predicted octanol–water partition coefficient (Wildman–Crippen LogP) is 2.36. The normalized spacial score (nSPS) is 15.9. The fraction of sp³-hybridized carbons (Fsp3) is 0.381. The van der Waals surface area contributed by atoms with Gasteiger partial charge in [0.2, 0.25) is 10.0 Å². The average Bonchev–Trinajstić information content (AvgIpc) is 2.71. The van der Waals surface area contributed by atoms with E-state index >= 15 is 0 Å². The first-order valence-electron chi connectivity index (χ1n) is 9.61. The lowest BCUT2D eigenvalue weighted by Gasteiger charge is -2.33. The molecule has 0 aliphatic carbocycles. The Morgan fingerprint density at radius 1 is 1.21 bits per heavy atom. The van der Waals surface area contributed by atoms with Crippen molar-refractivity contribution in [1.82, 2.24) is 5.32 Å². The Morgan fingerprint density at radius 2 is 1.93 bits per heavy atom. The molecule has 0 fully saturated rings. The van der Waals surface area contributed by atoms with Crippen LogP contribution in [-0.4, -0.2) is 46.4 Å². The molecule has 1 amide bonds. The Bertz CT molecular complexity index is 944. The monoisotopic (exact) mass is 418 g/mol. The number of carbonyl (C=O) groups excluding carboxylic acids is 1. The lowest BCUT2D eigenvalue weighted by Crippen LogP contribution is -2.50. The van der Waals surface area contributed by atoms with Crippen LogP contribution in [0.3, 0.4) is 0 Å². The third kappa shape index (κ3) is 5.41. The van der Waals surface area contributed by atoms with Gasteiger partial charge in [-0.2, -0.15) is 0 Å². The lowest BCUT2D eigenvalue weighted by molar-refractivity contribution is -0.127. The summed E-state index contributed by atoms with van der Waals surface area (Å²) in [5.74, 6) is 0.910. The van der Waals surface area contributed by atoms with E-state index in [9.17, 15) is 13.2 Å². The Balaban J connectivity index is 1.53. The van der Waals surface area contributed by atoms with Crippen LogP contribution in [-0.2, 0) is 21.2 Å². The molecule has 156 valence electrons. The molecule has 1 atom stereocenters. The number of nitrogens with zero attached hydrogens (tertiary/aromatic N) is 1. The second-order valence-electron chi connectivity index (χ2n) is 6.84. The minimum Gasteiger partial charge on any atom is -0.494 e. The maximum absolute atomic E-state index is 12.5. The molecule has 1 aliphatic heterocycles. The highest BCUT2D eigenvalue weighted by atomic mass is 32.2. The predicted molar refractivity (Wildman–Crippen MR) is 112 cm³/mol. The standard InChI is InChI=1S/C21H26N2O5S/c1-3-27-17-12-10-16(11-13-17)7-6-14-22-21(24)20-15-23(29(2,25)26)18-8-4-5-9-19(18)28-20/h4-5,8-13,20H,3,6-7,14-15H2,1-2H3,(H,22,24)/t20-/m1/s1. The first kappa shape index (κ1) is 21.0. The summed E-state index contributed by atoms with van der Waals surface area (Å²) in [5.41, 5.74) is 1.61. The van der Waals surface area contributed by atoms with Gasteiger partial charge in [-0.15, -0.1) is 0 Å². The molecule has 1 aliphatic rings. The zero-order valence-corrected chi connectivity index (χ0v) is 17.4. The van der Waals surface area contributed by atoms with Gasteiger partial charge in [-0.05, 0) is 49.6 Å². The van der Waals surface area contributed by atoms with Crippen LogP contribution in [0.5, 0.6) is 11.5 Å². The van der Waals surface area contributed by atoms with Gasteiger partial charge < -0.3 is 14.8 Å². The summed E-state index contributed by atoms with van der Waals surface area (Å²) in [5, 5.41) is 2.85. The summed E-state index contributed by atoms with van der Waals surface area (Å²) in [7, 11) is -3.51. The van der Waals surface area contributed by atoms with Crippen molar-refractivity contribution in [3.63, 3.8) is 0 Å². The molecular formula is C21H26N2O5S. The van der Waals surface area contributed by atoms with E-state index in [1.54, 1.807) is 24.3 Å². The van der Waals surface area contributed by atoms with Crippen LogP contribution in [0.1, 0.15) is 18.9 Å². The second-order valence-corrected chi connectivity index (χ2v) is 8.75. The van der Waals surface area contributed by atoms with Crippen molar-refractivity contribution in [2.45, 2.75) is 25.9 Å². The molecule has 1 N–H and O–H groups in total. The van der Waals surface area contributed by atoms with Crippen LogP contribution >= 0.6 is 0 Å². The molecule has 0 bridgehead atoms. The summed E-state index contributed by atoms with van der Waals surface area (Å²) in [6, 6.07) is 14.7. The number of para-hydroxylation sites is 2. The first-order valence-corrected chi connectivity index (χ1v) is 11.5. The number of anilines is 1. The van der Waals surface area contributed by atoms with Gasteiger partial charge in [-0.1, -0.05) is 24.3 Å². The molecule has 3 rings (SSSR count). The number of ether oxygens (including phenoxy) is 2. The molecule has 2 aromatic carbocycles. The summed E-state index contributed by atoms with van der Waals surface area (Å²) in [6.45, 7) is 3.02. The van der Waals surface area contributed by atoms with E-state index in [0.29, 0.717) is 24.6 Å². The first-order chi connectivity index (χ1) is 13.9. The maximum Gasteiger partial charge on any atom is 0.263 e. The highest BCUT2D eigenvalue weighted by molar-refractivity contribution is 7.92. The minimum atomic E-state index is -3.51. The van der Waals surface area contributed by atoms with Crippen LogP contribution in [0.2, 0.25) is 0 Å². The van der Waals surface area contributed by atoms with Gasteiger partial charge in [0.25, 0.3) is 5.91 Å². The van der Waals surface area contributed by atoms with E-state index in [1.807, 2.05) is 31.2 Å². The number of rotatable bonds is 8. The Morgan fingerprint density at radius 3 is 2.62 bits per heavy atom. The van der Waals surface area contributed by atoms with E-state index in [2.05, 4.69) is 5.32 Å². The smallest absolute Gasteiger partial charge is 0.263 e. The molecule has 0 aromatic heterocycles. The number of hydrogen-bond donors (Lipinski definition) is 1. The van der Waals surface area contributed by atoms with Gasteiger partial charge in [-0.3, -0.25) is 9.10 Å². The molecule has 0 saturated heterocycles. The van der Waals surface area contributed by atoms with Gasteiger partial charge in [0, 0.05) is 6.54 Å². The van der Waals surface area contributed by atoms with E-state index in [4.69, 9.17) is 9.47 Å². The molecule has 0 saturated carbocycles. The molecule has 2 aromatic rings. The van der Waals surface area contributed by atoms with E-state index in [-0.39, 0.29) is 12.5 Å². The van der Waals surface area contributed by atoms with Crippen molar-refractivity contribution in [3.8, 4) is 11.5 Å². The topological polar surface area (TPSA) is 84.9 Å². The van der Waals surface area contributed by atoms with Crippen molar-refractivity contribution in [1.29, 1.82) is 0 Å². The Hall–Kier alpha value is -2.74. The zero-order chi connectivity index (χ0) is 20.9. The van der Waals surface area contributed by atoms with Crippen LogP contribution in [0.15, 0.2) is 48.5 Å². The summed E-state index contributed by atoms with van der Waals surface area (Å²) < 4.78 is 36.6. The molecule has 0 spiro atoms. The summed E-state index contributed by atoms with van der Waals surface area (Å²) in [6.07, 6.45) is 1.82. The van der Waals surface area contributed by atoms with Crippen molar-refractivity contribution in [3.05, 3.63) is 54.1 Å². The largest absolute Gasteiger partial charge is 0.494 e. The summed E-state index contributed by atoms with van der Waals surface area (Å²) >= 11 is 0. The molecule has 7 nitrogen and oxygen atoms in total. The van der Waals surface area contributed by atoms with Crippen molar-refractivity contribution in [2.24, 2.45) is 0 Å². The number of hydrogen-bond acceptors (Lipinski definition) is 5. The van der Waals surface area contributed by atoms with Crippen LogP contribution in [0.25, 0.3) is 0 Å². The number of fused-ring (bicyclic) bond motifs is 1. The number of sulfonamides is 1. The van der Waals surface area contributed by atoms with E-state index in [0.717, 1.165) is 30.4 Å². The molecule has 0 radical (unpaired) electrons. The van der Waals surface area contributed by atoms with E-state index in [1.165, 1.54) is 4.31 Å². The van der Waals surface area contributed by atoms with Gasteiger partial charge in [0.1, 0.15) is 11.5 Å². The molecule has 0 unspecified atom stereocenters. The SMILES string of the molecule is CCOc1ccc(CCCNC(=O)[C@H]2CN(S(C)(=O)=O)c3ccccc3O2)cc1. The second kappa shape index (κ2) is 9.17. The Labute approximate surface area is 171 Å². The van der Waals surface area contributed by atoms with Gasteiger partial charge >= 0.3 is 0 Å². The summed E-state index contributed by atoms with van der Waals surface area (Å²) in [4.78, 5) is 12.5. The number of benzene rings is 2. The van der Waals surface area contributed by atoms with Crippen LogP contribution < -0.4 is 19.1 Å². The number of amides is 1. The fourth-order valence-corrected chi connectivity index (χ4v) is 4.10.